The third kappa shape index (κ3) is 2.94. The van der Waals surface area contributed by atoms with Gasteiger partial charge in [-0.05, 0) is 23.6 Å². The highest BCUT2D eigenvalue weighted by atomic mass is 15.1. The minimum absolute atomic E-state index is 0.295. The topological polar surface area (TPSA) is 63.8 Å². The van der Waals surface area contributed by atoms with Crippen molar-refractivity contribution < 1.29 is 0 Å². The van der Waals surface area contributed by atoms with Gasteiger partial charge in [-0.25, -0.2) is 4.98 Å². The summed E-state index contributed by atoms with van der Waals surface area (Å²) in [4.78, 5) is 8.57. The number of para-hydroxylation sites is 1. The Morgan fingerprint density at radius 3 is 2.52 bits per heavy atom. The number of hydrogen-bond donors (Lipinski definition) is 2. The molecule has 106 valence electrons. The molecule has 0 radical (unpaired) electrons. The Hall–Kier alpha value is -2.62. The van der Waals surface area contributed by atoms with E-state index in [1.54, 1.807) is 0 Å². The zero-order valence-electron chi connectivity index (χ0n) is 12.0. The average Bonchev–Trinajstić information content (AvgIpc) is 2.53. The van der Waals surface area contributed by atoms with Crippen molar-refractivity contribution in [3.05, 3.63) is 60.2 Å². The van der Waals surface area contributed by atoms with E-state index in [0.29, 0.717) is 11.9 Å². The van der Waals surface area contributed by atoms with Gasteiger partial charge in [-0.2, -0.15) is 4.98 Å². The van der Waals surface area contributed by atoms with E-state index in [9.17, 15) is 0 Å². The van der Waals surface area contributed by atoms with Gasteiger partial charge in [-0.15, -0.1) is 0 Å². The van der Waals surface area contributed by atoms with Gasteiger partial charge in [0.2, 0.25) is 5.95 Å². The van der Waals surface area contributed by atoms with Crippen molar-refractivity contribution in [2.45, 2.75) is 12.8 Å². The fourth-order valence-corrected chi connectivity index (χ4v) is 2.38. The van der Waals surface area contributed by atoms with Crippen LogP contribution in [0, 0.1) is 0 Å². The van der Waals surface area contributed by atoms with Gasteiger partial charge in [0.1, 0.15) is 5.82 Å². The number of benzene rings is 2. The number of fused-ring (bicyclic) bond motifs is 1. The number of hydrogen-bond acceptors (Lipinski definition) is 4. The maximum Gasteiger partial charge on any atom is 0.222 e. The van der Waals surface area contributed by atoms with E-state index in [0.717, 1.165) is 23.3 Å². The first-order valence-corrected chi connectivity index (χ1v) is 7.05. The fourth-order valence-electron chi connectivity index (χ4n) is 2.38. The number of rotatable bonds is 4. The van der Waals surface area contributed by atoms with E-state index in [1.165, 1.54) is 5.56 Å². The highest BCUT2D eigenvalue weighted by molar-refractivity contribution is 5.89. The molecule has 0 fully saturated rings. The summed E-state index contributed by atoms with van der Waals surface area (Å²) in [6.45, 7) is 2.99. The lowest BCUT2D eigenvalue weighted by Gasteiger charge is -2.15. The first-order valence-electron chi connectivity index (χ1n) is 7.05. The second-order valence-corrected chi connectivity index (χ2v) is 5.14. The second kappa shape index (κ2) is 5.79. The number of nitrogens with one attached hydrogen (secondary N) is 1. The summed E-state index contributed by atoms with van der Waals surface area (Å²) in [5.41, 5.74) is 7.94. The number of anilines is 2. The molecule has 4 nitrogen and oxygen atoms in total. The van der Waals surface area contributed by atoms with Crippen molar-refractivity contribution in [3.8, 4) is 0 Å². The van der Waals surface area contributed by atoms with Gasteiger partial charge in [-0.3, -0.25) is 0 Å². The highest BCUT2D eigenvalue weighted by Crippen LogP contribution is 2.22. The third-order valence-corrected chi connectivity index (χ3v) is 3.56. The lowest BCUT2D eigenvalue weighted by Crippen LogP contribution is -2.12. The van der Waals surface area contributed by atoms with Crippen molar-refractivity contribution >= 4 is 22.7 Å². The molecule has 4 heteroatoms. The molecule has 3 rings (SSSR count). The van der Waals surface area contributed by atoms with Crippen LogP contribution in [0.4, 0.5) is 11.8 Å². The fraction of sp³-hybridized carbons (Fsp3) is 0.176. The summed E-state index contributed by atoms with van der Waals surface area (Å²) < 4.78 is 0. The highest BCUT2D eigenvalue weighted by Gasteiger charge is 2.08. The smallest absolute Gasteiger partial charge is 0.222 e. The van der Waals surface area contributed by atoms with Crippen LogP contribution in [0.25, 0.3) is 10.9 Å². The Morgan fingerprint density at radius 2 is 1.71 bits per heavy atom. The van der Waals surface area contributed by atoms with Crippen molar-refractivity contribution in [3.63, 3.8) is 0 Å². The van der Waals surface area contributed by atoms with Crippen LogP contribution in [0.5, 0.6) is 0 Å². The summed E-state index contributed by atoms with van der Waals surface area (Å²) >= 11 is 0. The number of nitrogens with zero attached hydrogens (tertiary/aromatic N) is 2. The van der Waals surface area contributed by atoms with Crippen molar-refractivity contribution in [2.75, 3.05) is 17.6 Å². The summed E-state index contributed by atoms with van der Waals surface area (Å²) in [5, 5.41) is 4.39. The molecular weight excluding hydrogens is 260 g/mol. The van der Waals surface area contributed by atoms with Crippen molar-refractivity contribution in [1.29, 1.82) is 0 Å². The van der Waals surface area contributed by atoms with E-state index >= 15 is 0 Å². The normalized spacial score (nSPS) is 12.2. The molecule has 0 aliphatic rings. The lowest BCUT2D eigenvalue weighted by atomic mass is 10.0. The van der Waals surface area contributed by atoms with Crippen LogP contribution in [-0.2, 0) is 0 Å². The molecule has 0 saturated carbocycles. The Bertz CT molecular complexity index is 740. The molecule has 3 aromatic rings. The molecule has 21 heavy (non-hydrogen) atoms. The maximum absolute atomic E-state index is 5.78. The molecule has 0 aliphatic carbocycles. The molecule has 1 atom stereocenters. The van der Waals surface area contributed by atoms with Crippen LogP contribution >= 0.6 is 0 Å². The van der Waals surface area contributed by atoms with Crippen LogP contribution in [0.2, 0.25) is 0 Å². The minimum Gasteiger partial charge on any atom is -0.369 e. The molecule has 0 bridgehead atoms. The SMILES string of the molecule is CC(CNc1nc(N)nc2ccccc12)c1ccccc1. The third-order valence-electron chi connectivity index (χ3n) is 3.56. The van der Waals surface area contributed by atoms with E-state index in [4.69, 9.17) is 5.73 Å². The molecule has 1 heterocycles. The molecule has 0 spiro atoms. The maximum atomic E-state index is 5.78. The van der Waals surface area contributed by atoms with Gasteiger partial charge in [-0.1, -0.05) is 49.4 Å². The lowest BCUT2D eigenvalue weighted by molar-refractivity contribution is 0.802. The quantitative estimate of drug-likeness (QED) is 0.767. The summed E-state index contributed by atoms with van der Waals surface area (Å²) in [5.74, 6) is 1.48. The average molecular weight is 278 g/mol. The second-order valence-electron chi connectivity index (χ2n) is 5.14. The van der Waals surface area contributed by atoms with E-state index < -0.39 is 0 Å². The largest absolute Gasteiger partial charge is 0.369 e. The van der Waals surface area contributed by atoms with E-state index in [1.807, 2.05) is 30.3 Å². The van der Waals surface area contributed by atoms with Gasteiger partial charge >= 0.3 is 0 Å². The predicted molar refractivity (Wildman–Crippen MR) is 87.3 cm³/mol. The Labute approximate surface area is 124 Å². The number of nitrogen functional groups attached to an aromatic ring is 1. The molecule has 0 amide bonds. The molecule has 2 aromatic carbocycles. The Balaban J connectivity index is 1.82. The monoisotopic (exact) mass is 278 g/mol. The number of aromatic nitrogens is 2. The summed E-state index contributed by atoms with van der Waals surface area (Å²) in [6.07, 6.45) is 0. The predicted octanol–water partition coefficient (Wildman–Crippen LogP) is 3.43. The zero-order valence-corrected chi connectivity index (χ0v) is 12.0. The van der Waals surface area contributed by atoms with Crippen LogP contribution in [0.15, 0.2) is 54.6 Å². The minimum atomic E-state index is 0.295. The Kier molecular flexibility index (Phi) is 3.69. The van der Waals surface area contributed by atoms with Crippen molar-refractivity contribution in [1.82, 2.24) is 9.97 Å². The van der Waals surface area contributed by atoms with Gasteiger partial charge in [0.05, 0.1) is 5.52 Å². The first-order chi connectivity index (χ1) is 10.2. The standard InChI is InChI=1S/C17H18N4/c1-12(13-7-3-2-4-8-13)11-19-16-14-9-5-6-10-15(14)20-17(18)21-16/h2-10,12H,11H2,1H3,(H3,18,19,20,21). The van der Waals surface area contributed by atoms with Crippen LogP contribution < -0.4 is 11.1 Å². The van der Waals surface area contributed by atoms with Crippen LogP contribution in [-0.4, -0.2) is 16.5 Å². The first kappa shape index (κ1) is 13.4. The van der Waals surface area contributed by atoms with Gasteiger partial charge < -0.3 is 11.1 Å². The molecule has 0 aliphatic heterocycles. The Morgan fingerprint density at radius 1 is 1.00 bits per heavy atom. The zero-order chi connectivity index (χ0) is 14.7. The molecular formula is C17H18N4. The molecule has 1 unspecified atom stereocenters. The van der Waals surface area contributed by atoms with Gasteiger partial charge in [0.25, 0.3) is 0 Å². The molecule has 3 N–H and O–H groups in total. The van der Waals surface area contributed by atoms with Crippen LogP contribution in [0.3, 0.4) is 0 Å². The van der Waals surface area contributed by atoms with Crippen molar-refractivity contribution in [2.24, 2.45) is 0 Å². The van der Waals surface area contributed by atoms with E-state index in [2.05, 4.69) is 46.5 Å². The van der Waals surface area contributed by atoms with Gasteiger partial charge in [0.15, 0.2) is 0 Å². The van der Waals surface area contributed by atoms with Crippen LogP contribution in [0.1, 0.15) is 18.4 Å². The molecule has 1 aromatic heterocycles. The number of nitrogens with two attached hydrogens (primary N) is 1. The summed E-state index contributed by atoms with van der Waals surface area (Å²) in [7, 11) is 0. The van der Waals surface area contributed by atoms with Gasteiger partial charge in [0, 0.05) is 11.9 Å². The van der Waals surface area contributed by atoms with E-state index in [-0.39, 0.29) is 0 Å². The summed E-state index contributed by atoms with van der Waals surface area (Å²) in [6, 6.07) is 18.3. The molecule has 0 saturated heterocycles.